The maximum atomic E-state index is 11.9. The maximum Gasteiger partial charge on any atom is 0.216 e. The normalized spacial score (nSPS) is 15.9. The van der Waals surface area contributed by atoms with Crippen molar-refractivity contribution in [2.75, 3.05) is 13.6 Å². The van der Waals surface area contributed by atoms with Gasteiger partial charge in [-0.25, -0.2) is 18.1 Å². The van der Waals surface area contributed by atoms with Crippen LogP contribution in [0.5, 0.6) is 0 Å². The van der Waals surface area contributed by atoms with Crippen LogP contribution in [0.3, 0.4) is 0 Å². The monoisotopic (exact) mass is 263 g/mol. The molecule has 0 spiro atoms. The van der Waals surface area contributed by atoms with Crippen molar-refractivity contribution in [3.8, 4) is 0 Å². The molecule has 1 rings (SSSR count). The predicted molar refractivity (Wildman–Crippen MR) is 66.0 cm³/mol. The number of sulfonamides is 1. The van der Waals surface area contributed by atoms with Crippen LogP contribution >= 0.6 is 11.3 Å². The zero-order valence-corrected chi connectivity index (χ0v) is 11.2. The van der Waals surface area contributed by atoms with Gasteiger partial charge in [0.25, 0.3) is 0 Å². The number of thiazole rings is 1. The molecule has 0 amide bonds. The van der Waals surface area contributed by atoms with E-state index in [2.05, 4.69) is 15.0 Å². The highest BCUT2D eigenvalue weighted by Crippen LogP contribution is 2.16. The minimum absolute atomic E-state index is 0.274. The van der Waals surface area contributed by atoms with E-state index < -0.39 is 15.3 Å². The lowest BCUT2D eigenvalue weighted by molar-refractivity contribution is 0.549. The van der Waals surface area contributed by atoms with E-state index >= 15 is 0 Å². The molecule has 0 bridgehead atoms. The van der Waals surface area contributed by atoms with Crippen molar-refractivity contribution in [3.63, 3.8) is 0 Å². The molecule has 0 saturated heterocycles. The first kappa shape index (κ1) is 13.6. The second kappa shape index (κ2) is 5.72. The molecule has 0 saturated carbocycles. The highest BCUT2D eigenvalue weighted by molar-refractivity contribution is 7.90. The van der Waals surface area contributed by atoms with E-state index in [9.17, 15) is 8.42 Å². The molecule has 1 aromatic rings. The summed E-state index contributed by atoms with van der Waals surface area (Å²) in [5.74, 6) is 0. The fourth-order valence-corrected chi connectivity index (χ4v) is 3.20. The Labute approximate surface area is 100 Å². The van der Waals surface area contributed by atoms with Crippen LogP contribution in [0.2, 0.25) is 0 Å². The van der Waals surface area contributed by atoms with E-state index in [1.54, 1.807) is 27.1 Å². The van der Waals surface area contributed by atoms with E-state index in [0.29, 0.717) is 6.54 Å². The molecular formula is C9H17N3O2S2. The molecule has 16 heavy (non-hydrogen) atoms. The van der Waals surface area contributed by atoms with Crippen LogP contribution in [0.4, 0.5) is 0 Å². The van der Waals surface area contributed by atoms with Crippen LogP contribution in [0.25, 0.3) is 0 Å². The van der Waals surface area contributed by atoms with Gasteiger partial charge in [0.15, 0.2) is 0 Å². The third-order valence-electron chi connectivity index (χ3n) is 2.18. The Bertz CT molecular complexity index is 402. The molecule has 0 aliphatic rings. The number of rotatable bonds is 6. The van der Waals surface area contributed by atoms with Gasteiger partial charge in [-0.3, -0.25) is 0 Å². The lowest BCUT2D eigenvalue weighted by Gasteiger charge is -2.16. The zero-order chi connectivity index (χ0) is 12.2. The second-order valence-corrected chi connectivity index (χ2v) is 6.68. The summed E-state index contributed by atoms with van der Waals surface area (Å²) in [5, 5.41) is 5.00. The highest BCUT2D eigenvalue weighted by atomic mass is 32.2. The molecule has 0 aliphatic heterocycles. The molecule has 2 atom stereocenters. The van der Waals surface area contributed by atoms with Crippen molar-refractivity contribution in [2.45, 2.75) is 25.1 Å². The Hall–Kier alpha value is -0.500. The first-order valence-electron chi connectivity index (χ1n) is 5.02. The van der Waals surface area contributed by atoms with Crippen LogP contribution < -0.4 is 10.0 Å². The Morgan fingerprint density at radius 3 is 2.69 bits per heavy atom. The third-order valence-corrected chi connectivity index (χ3v) is 5.05. The van der Waals surface area contributed by atoms with Gasteiger partial charge in [-0.2, -0.15) is 0 Å². The molecule has 0 aromatic carbocycles. The average Bonchev–Trinajstić information content (AvgIpc) is 2.70. The molecule has 1 aromatic heterocycles. The minimum atomic E-state index is -3.29. The summed E-state index contributed by atoms with van der Waals surface area (Å²) in [6, 6.07) is -0.274. The van der Waals surface area contributed by atoms with Gasteiger partial charge in [0, 0.05) is 18.1 Å². The Morgan fingerprint density at radius 1 is 1.50 bits per heavy atom. The van der Waals surface area contributed by atoms with Gasteiger partial charge in [0.2, 0.25) is 10.0 Å². The van der Waals surface area contributed by atoms with E-state index in [1.165, 1.54) is 11.3 Å². The first-order chi connectivity index (χ1) is 7.47. The number of aromatic nitrogens is 1. The van der Waals surface area contributed by atoms with Gasteiger partial charge in [0.05, 0.1) is 11.3 Å². The highest BCUT2D eigenvalue weighted by Gasteiger charge is 2.23. The van der Waals surface area contributed by atoms with Gasteiger partial charge in [-0.1, -0.05) is 0 Å². The smallest absolute Gasteiger partial charge is 0.216 e. The van der Waals surface area contributed by atoms with Crippen molar-refractivity contribution in [1.29, 1.82) is 0 Å². The summed E-state index contributed by atoms with van der Waals surface area (Å²) in [5.41, 5.74) is 0. The summed E-state index contributed by atoms with van der Waals surface area (Å²) >= 11 is 1.44. The van der Waals surface area contributed by atoms with E-state index in [1.807, 2.05) is 5.38 Å². The molecule has 0 aliphatic carbocycles. The quantitative estimate of drug-likeness (QED) is 0.794. The topological polar surface area (TPSA) is 71.1 Å². The number of nitrogens with one attached hydrogen (secondary N) is 2. The molecule has 1 heterocycles. The number of nitrogens with zero attached hydrogens (tertiary/aromatic N) is 1. The standard InChI is InChI=1S/C9H17N3O2S2/c1-7(6-10-3)16(13,14)12-8(2)9-11-4-5-15-9/h4-5,7-8,10,12H,6H2,1-3H3. The predicted octanol–water partition coefficient (Wildman–Crippen LogP) is 0.731. The summed E-state index contributed by atoms with van der Waals surface area (Å²) in [7, 11) is -1.56. The molecule has 2 unspecified atom stereocenters. The van der Waals surface area contributed by atoms with Gasteiger partial charge in [-0.05, 0) is 20.9 Å². The van der Waals surface area contributed by atoms with Crippen LogP contribution in [0.15, 0.2) is 11.6 Å². The first-order valence-corrected chi connectivity index (χ1v) is 7.45. The fourth-order valence-electron chi connectivity index (χ4n) is 1.26. The molecule has 92 valence electrons. The van der Waals surface area contributed by atoms with E-state index in [4.69, 9.17) is 0 Å². The van der Waals surface area contributed by atoms with Gasteiger partial charge in [-0.15, -0.1) is 11.3 Å². The summed E-state index contributed by atoms with van der Waals surface area (Å²) in [6.45, 7) is 3.90. The van der Waals surface area contributed by atoms with E-state index in [0.717, 1.165) is 5.01 Å². The lowest BCUT2D eigenvalue weighted by atomic mass is 10.4. The van der Waals surface area contributed by atoms with Crippen molar-refractivity contribution < 1.29 is 8.42 Å². The molecule has 7 heteroatoms. The molecule has 0 radical (unpaired) electrons. The largest absolute Gasteiger partial charge is 0.318 e. The van der Waals surface area contributed by atoms with E-state index in [-0.39, 0.29) is 6.04 Å². The van der Waals surface area contributed by atoms with Gasteiger partial charge in [0.1, 0.15) is 5.01 Å². The average molecular weight is 263 g/mol. The zero-order valence-electron chi connectivity index (χ0n) is 9.60. The van der Waals surface area contributed by atoms with Crippen LogP contribution in [0.1, 0.15) is 24.9 Å². The SMILES string of the molecule is CNCC(C)S(=O)(=O)NC(C)c1nccs1. The molecule has 5 nitrogen and oxygen atoms in total. The Morgan fingerprint density at radius 2 is 2.19 bits per heavy atom. The van der Waals surface area contributed by atoms with Crippen LogP contribution in [-0.4, -0.2) is 32.2 Å². The molecule has 0 fully saturated rings. The fraction of sp³-hybridized carbons (Fsp3) is 0.667. The summed E-state index contributed by atoms with van der Waals surface area (Å²) < 4.78 is 26.3. The van der Waals surface area contributed by atoms with Crippen molar-refractivity contribution in [3.05, 3.63) is 16.6 Å². The number of hydrogen-bond donors (Lipinski definition) is 2. The Balaban J connectivity index is 2.66. The maximum absolute atomic E-state index is 11.9. The Kier molecular flexibility index (Phi) is 4.85. The van der Waals surface area contributed by atoms with Gasteiger partial charge >= 0.3 is 0 Å². The van der Waals surface area contributed by atoms with Gasteiger partial charge < -0.3 is 5.32 Å². The van der Waals surface area contributed by atoms with Crippen LogP contribution in [0, 0.1) is 0 Å². The van der Waals surface area contributed by atoms with Crippen LogP contribution in [-0.2, 0) is 10.0 Å². The summed E-state index contributed by atoms with van der Waals surface area (Å²) in [4.78, 5) is 4.08. The molecule has 2 N–H and O–H groups in total. The minimum Gasteiger partial charge on any atom is -0.318 e. The van der Waals surface area contributed by atoms with Crippen molar-refractivity contribution in [1.82, 2.24) is 15.0 Å². The third kappa shape index (κ3) is 3.51. The second-order valence-electron chi connectivity index (χ2n) is 3.62. The number of hydrogen-bond acceptors (Lipinski definition) is 5. The van der Waals surface area contributed by atoms with Crippen molar-refractivity contribution >= 4 is 21.4 Å². The summed E-state index contributed by atoms with van der Waals surface area (Å²) in [6.07, 6.45) is 1.67. The lowest BCUT2D eigenvalue weighted by Crippen LogP contribution is -2.39. The molecular weight excluding hydrogens is 246 g/mol. The van der Waals surface area contributed by atoms with Crippen molar-refractivity contribution in [2.24, 2.45) is 0 Å².